The molecule has 1 heterocycles. The number of ether oxygens (including phenoxy) is 4. The van der Waals surface area contributed by atoms with Crippen LogP contribution in [0.4, 0.5) is 0 Å². The number of carbonyl (C=O) groups excluding carboxylic acids is 3. The molecule has 0 spiro atoms. The van der Waals surface area contributed by atoms with E-state index in [1.807, 2.05) is 19.9 Å². The van der Waals surface area contributed by atoms with Crippen molar-refractivity contribution >= 4 is 17.9 Å². The normalized spacial score (nSPS) is 32.4. The van der Waals surface area contributed by atoms with Gasteiger partial charge in [0, 0.05) is 18.3 Å². The van der Waals surface area contributed by atoms with Gasteiger partial charge in [-0.25, -0.2) is 4.79 Å². The lowest BCUT2D eigenvalue weighted by atomic mass is 9.73. The maximum Gasteiger partial charge on any atom is 0.344 e. The number of hydrogen-bond donors (Lipinski definition) is 0. The van der Waals surface area contributed by atoms with Gasteiger partial charge >= 0.3 is 17.9 Å². The smallest absolute Gasteiger partial charge is 0.344 e. The van der Waals surface area contributed by atoms with E-state index in [-0.39, 0.29) is 18.4 Å². The van der Waals surface area contributed by atoms with Crippen LogP contribution in [0.15, 0.2) is 23.5 Å². The maximum absolute atomic E-state index is 13.6. The van der Waals surface area contributed by atoms with Crippen molar-refractivity contribution < 1.29 is 33.3 Å². The Morgan fingerprint density at radius 3 is 2.52 bits per heavy atom. The van der Waals surface area contributed by atoms with Crippen LogP contribution in [0.1, 0.15) is 105 Å². The van der Waals surface area contributed by atoms with Crippen LogP contribution in [0.5, 0.6) is 0 Å². The largest absolute Gasteiger partial charge is 0.486 e. The summed E-state index contributed by atoms with van der Waals surface area (Å²) in [5.74, 6) is 0.526. The molecular weight excluding hydrogens is 508 g/mol. The number of allylic oxidation sites excluding steroid dienone is 4. The summed E-state index contributed by atoms with van der Waals surface area (Å²) in [7, 11) is 0. The van der Waals surface area contributed by atoms with Crippen molar-refractivity contribution in [1.82, 2.24) is 0 Å². The molecule has 0 N–H and O–H groups in total. The quantitative estimate of drug-likeness (QED) is 0.164. The Morgan fingerprint density at radius 1 is 1.12 bits per heavy atom. The van der Waals surface area contributed by atoms with E-state index in [0.717, 1.165) is 50.7 Å². The highest BCUT2D eigenvalue weighted by Crippen LogP contribution is 2.63. The summed E-state index contributed by atoms with van der Waals surface area (Å²) >= 11 is 0. The third-order valence-electron chi connectivity index (χ3n) is 10.4. The van der Waals surface area contributed by atoms with Gasteiger partial charge < -0.3 is 18.9 Å². The summed E-state index contributed by atoms with van der Waals surface area (Å²) in [5, 5.41) is 0. The molecule has 0 aromatic carbocycles. The highest BCUT2D eigenvalue weighted by molar-refractivity contribution is 6.03. The number of esters is 3. The summed E-state index contributed by atoms with van der Waals surface area (Å²) in [4.78, 5) is 39.5. The molecule has 7 nitrogen and oxygen atoms in total. The molecule has 40 heavy (non-hydrogen) atoms. The average Bonchev–Trinajstić information content (AvgIpc) is 3.54. The van der Waals surface area contributed by atoms with Gasteiger partial charge in [0.15, 0.2) is 12.0 Å². The fourth-order valence-corrected chi connectivity index (χ4v) is 8.22. The van der Waals surface area contributed by atoms with Gasteiger partial charge in [-0.3, -0.25) is 9.59 Å². The first-order valence-corrected chi connectivity index (χ1v) is 15.7. The van der Waals surface area contributed by atoms with E-state index in [1.165, 1.54) is 18.4 Å². The molecule has 5 rings (SSSR count). The first-order valence-electron chi connectivity index (χ1n) is 15.7. The lowest BCUT2D eigenvalue weighted by Crippen LogP contribution is -2.49. The summed E-state index contributed by atoms with van der Waals surface area (Å²) in [6.45, 7) is 10.5. The third kappa shape index (κ3) is 5.46. The molecule has 3 saturated carbocycles. The van der Waals surface area contributed by atoms with Gasteiger partial charge in [0.1, 0.15) is 17.8 Å². The van der Waals surface area contributed by atoms with E-state index in [4.69, 9.17) is 18.9 Å². The van der Waals surface area contributed by atoms with Gasteiger partial charge in [0.25, 0.3) is 0 Å². The molecule has 7 heteroatoms. The van der Waals surface area contributed by atoms with Crippen LogP contribution in [0.25, 0.3) is 0 Å². The van der Waals surface area contributed by atoms with E-state index in [2.05, 4.69) is 26.8 Å². The van der Waals surface area contributed by atoms with Crippen molar-refractivity contribution in [2.45, 2.75) is 123 Å². The molecule has 4 fully saturated rings. The Morgan fingerprint density at radius 2 is 1.88 bits per heavy atom. The lowest BCUT2D eigenvalue weighted by molar-refractivity contribution is -0.181. The Labute approximate surface area is 239 Å². The molecule has 4 aliphatic carbocycles. The molecule has 6 atom stereocenters. The Hall–Kier alpha value is -2.31. The minimum absolute atomic E-state index is 0.0953. The monoisotopic (exact) mass is 556 g/mol. The second-order valence-electron chi connectivity index (χ2n) is 13.8. The predicted octanol–water partition coefficient (Wildman–Crippen LogP) is 6.44. The predicted molar refractivity (Wildman–Crippen MR) is 150 cm³/mol. The zero-order valence-electron chi connectivity index (χ0n) is 25.0. The lowest BCUT2D eigenvalue weighted by Gasteiger charge is -2.39. The van der Waals surface area contributed by atoms with E-state index in [1.54, 1.807) is 0 Å². The van der Waals surface area contributed by atoms with Gasteiger partial charge in [0.2, 0.25) is 0 Å². The maximum atomic E-state index is 13.6. The summed E-state index contributed by atoms with van der Waals surface area (Å²) in [6, 6.07) is 0. The second kappa shape index (κ2) is 11.5. The van der Waals surface area contributed by atoms with Crippen LogP contribution < -0.4 is 0 Å². The van der Waals surface area contributed by atoms with Crippen LogP contribution >= 0.6 is 0 Å². The fourth-order valence-electron chi connectivity index (χ4n) is 8.22. The van der Waals surface area contributed by atoms with E-state index >= 15 is 0 Å². The highest BCUT2D eigenvalue weighted by Gasteiger charge is 2.75. The molecule has 6 unspecified atom stereocenters. The van der Waals surface area contributed by atoms with Crippen molar-refractivity contribution in [2.75, 3.05) is 6.61 Å². The van der Waals surface area contributed by atoms with E-state index in [9.17, 15) is 14.4 Å². The van der Waals surface area contributed by atoms with Crippen molar-refractivity contribution in [3.63, 3.8) is 0 Å². The molecule has 0 radical (unpaired) electrons. The Bertz CT molecular complexity index is 1050. The van der Waals surface area contributed by atoms with Gasteiger partial charge in [0.05, 0.1) is 5.76 Å². The average molecular weight is 557 g/mol. The number of carbonyl (C=O) groups is 3. The molecule has 0 aromatic rings. The van der Waals surface area contributed by atoms with Gasteiger partial charge in [-0.1, -0.05) is 51.7 Å². The van der Waals surface area contributed by atoms with E-state index in [0.29, 0.717) is 30.6 Å². The first-order chi connectivity index (χ1) is 19.0. The van der Waals surface area contributed by atoms with Crippen LogP contribution in [0, 0.1) is 35.0 Å². The summed E-state index contributed by atoms with van der Waals surface area (Å²) < 4.78 is 23.5. The first kappa shape index (κ1) is 29.2. The molecular formula is C33H48O7. The minimum Gasteiger partial charge on any atom is -0.486 e. The highest BCUT2D eigenvalue weighted by atomic mass is 16.6. The van der Waals surface area contributed by atoms with Crippen molar-refractivity contribution in [3.05, 3.63) is 23.5 Å². The SMILES string of the molecule is CCC(CC(C)C)C1=CC=C(OCC(=O)OC2C3CC4C2OC(=O)C4(C(=O)OC(C)(C)C2CCCCC2)C3)CC1. The summed E-state index contributed by atoms with van der Waals surface area (Å²) in [6.07, 6.45) is 13.6. The van der Waals surface area contributed by atoms with E-state index < -0.39 is 41.1 Å². The molecule has 2 bridgehead atoms. The number of fused-ring (bicyclic) bond motifs is 1. The Kier molecular flexibility index (Phi) is 8.41. The molecule has 1 aliphatic heterocycles. The fraction of sp³-hybridized carbons (Fsp3) is 0.788. The van der Waals surface area contributed by atoms with Crippen LogP contribution in [-0.2, 0) is 33.3 Å². The Balaban J connectivity index is 1.15. The van der Waals surface area contributed by atoms with Crippen molar-refractivity contribution in [2.24, 2.45) is 35.0 Å². The number of rotatable bonds is 11. The molecule has 5 aliphatic rings. The molecule has 0 aromatic heterocycles. The summed E-state index contributed by atoms with van der Waals surface area (Å²) in [5.41, 5.74) is -0.422. The number of hydrogen-bond acceptors (Lipinski definition) is 7. The molecule has 222 valence electrons. The molecule has 0 amide bonds. The van der Waals surface area contributed by atoms with Gasteiger partial charge in [-0.2, -0.15) is 0 Å². The topological polar surface area (TPSA) is 88.1 Å². The van der Waals surface area contributed by atoms with Crippen molar-refractivity contribution in [1.29, 1.82) is 0 Å². The molecule has 1 saturated heterocycles. The van der Waals surface area contributed by atoms with Gasteiger partial charge in [-0.15, -0.1) is 0 Å². The van der Waals surface area contributed by atoms with Gasteiger partial charge in [-0.05, 0) is 82.6 Å². The zero-order chi connectivity index (χ0) is 28.7. The standard InChI is InChI=1S/C33H48O7/c1-6-21(16-20(2)3)22-12-14-25(15-13-22)37-19-27(34)38-28-23-17-26-29(28)39-30(35)33(26,18-23)31(36)40-32(4,5)24-10-8-7-9-11-24/h12,14,20-21,23-24,26,28-29H,6-11,13,15-19H2,1-5H3. The van der Waals surface area contributed by atoms with Crippen LogP contribution in [-0.4, -0.2) is 42.3 Å². The van der Waals surface area contributed by atoms with Crippen molar-refractivity contribution in [3.8, 4) is 0 Å². The zero-order valence-corrected chi connectivity index (χ0v) is 25.0. The van der Waals surface area contributed by atoms with Crippen LogP contribution in [0.2, 0.25) is 0 Å². The third-order valence-corrected chi connectivity index (χ3v) is 10.4. The minimum atomic E-state index is -1.26. The van der Waals surface area contributed by atoms with Crippen LogP contribution in [0.3, 0.4) is 0 Å². The second-order valence-corrected chi connectivity index (χ2v) is 13.8.